The molecule has 0 aromatic heterocycles. The van der Waals surface area contributed by atoms with Gasteiger partial charge in [-0.1, -0.05) is 44.0 Å². The van der Waals surface area contributed by atoms with E-state index in [1.807, 2.05) is 12.1 Å². The number of halogens is 6. The molecule has 2 aromatic carbocycles. The van der Waals surface area contributed by atoms with Gasteiger partial charge in [0.2, 0.25) is 0 Å². The average Bonchev–Trinajstić information content (AvgIpc) is 2.76. The maximum Gasteiger partial charge on any atom is 0.387 e. The molecule has 0 atom stereocenters. The molecule has 2 nitrogen and oxygen atoms in total. The summed E-state index contributed by atoms with van der Waals surface area (Å²) in [5, 5.41) is 0. The first-order valence-electron chi connectivity index (χ1n) is 11.2. The molecule has 0 aliphatic heterocycles. The van der Waals surface area contributed by atoms with E-state index in [-0.39, 0.29) is 6.61 Å². The van der Waals surface area contributed by atoms with E-state index in [9.17, 15) is 26.3 Å². The molecule has 3 rings (SSSR count). The molecule has 1 aliphatic carbocycles. The van der Waals surface area contributed by atoms with Gasteiger partial charge in [-0.15, -0.1) is 0 Å². The summed E-state index contributed by atoms with van der Waals surface area (Å²) in [7, 11) is 0. The van der Waals surface area contributed by atoms with Crippen LogP contribution in [0.25, 0.3) is 0 Å². The van der Waals surface area contributed by atoms with Crippen molar-refractivity contribution in [3.63, 3.8) is 0 Å². The number of alkyl halides is 4. The van der Waals surface area contributed by atoms with Crippen LogP contribution in [0.4, 0.5) is 26.3 Å². The number of hydrogen-bond donors (Lipinski definition) is 0. The Bertz CT molecular complexity index is 869. The van der Waals surface area contributed by atoms with Gasteiger partial charge in [-0.25, -0.2) is 8.78 Å². The Kier molecular flexibility index (Phi) is 8.68. The fourth-order valence-electron chi connectivity index (χ4n) is 4.47. The molecule has 1 fully saturated rings. The van der Waals surface area contributed by atoms with Crippen LogP contribution in [0.3, 0.4) is 0 Å². The van der Waals surface area contributed by atoms with Gasteiger partial charge in [0.25, 0.3) is 0 Å². The Balaban J connectivity index is 1.54. The van der Waals surface area contributed by atoms with E-state index >= 15 is 0 Å². The van der Waals surface area contributed by atoms with E-state index in [0.29, 0.717) is 23.6 Å². The molecule has 2 aromatic rings. The lowest BCUT2D eigenvalue weighted by molar-refractivity contribution is -0.244. The van der Waals surface area contributed by atoms with E-state index < -0.39 is 42.1 Å². The van der Waals surface area contributed by atoms with Crippen LogP contribution < -0.4 is 4.74 Å². The molecule has 0 unspecified atom stereocenters. The van der Waals surface area contributed by atoms with Gasteiger partial charge >= 0.3 is 12.7 Å². The van der Waals surface area contributed by atoms with Crippen molar-refractivity contribution in [1.29, 1.82) is 0 Å². The lowest BCUT2D eigenvalue weighted by atomic mass is 9.77. The highest BCUT2D eigenvalue weighted by atomic mass is 19.3. The highest BCUT2D eigenvalue weighted by Crippen LogP contribution is 2.37. The van der Waals surface area contributed by atoms with E-state index in [1.54, 1.807) is 12.1 Å². The van der Waals surface area contributed by atoms with Crippen LogP contribution in [-0.2, 0) is 17.8 Å². The first-order chi connectivity index (χ1) is 15.7. The largest absolute Gasteiger partial charge is 0.429 e. The zero-order valence-electron chi connectivity index (χ0n) is 18.4. The van der Waals surface area contributed by atoms with Crippen LogP contribution >= 0.6 is 0 Å². The van der Waals surface area contributed by atoms with Crippen LogP contribution in [0.1, 0.15) is 68.1 Å². The van der Waals surface area contributed by atoms with Gasteiger partial charge < -0.3 is 9.47 Å². The fraction of sp³-hybridized carbons (Fsp3) is 0.520. The molecule has 0 N–H and O–H groups in total. The molecule has 1 saturated carbocycles. The minimum Gasteiger partial charge on any atom is -0.429 e. The zero-order valence-corrected chi connectivity index (χ0v) is 18.4. The predicted octanol–water partition coefficient (Wildman–Crippen LogP) is 7.99. The van der Waals surface area contributed by atoms with Gasteiger partial charge in [-0.3, -0.25) is 0 Å². The van der Waals surface area contributed by atoms with Gasteiger partial charge in [0.1, 0.15) is 0 Å². The van der Waals surface area contributed by atoms with Crippen LogP contribution in [0.5, 0.6) is 5.75 Å². The van der Waals surface area contributed by atoms with Gasteiger partial charge in [0, 0.05) is 0 Å². The average molecular weight is 474 g/mol. The Morgan fingerprint density at radius 1 is 0.939 bits per heavy atom. The van der Waals surface area contributed by atoms with Gasteiger partial charge in [0.15, 0.2) is 17.4 Å². The molecule has 33 heavy (non-hydrogen) atoms. The minimum absolute atomic E-state index is 0.381. The van der Waals surface area contributed by atoms with Crippen molar-refractivity contribution in [1.82, 2.24) is 0 Å². The topological polar surface area (TPSA) is 18.5 Å². The maximum absolute atomic E-state index is 14.2. The van der Waals surface area contributed by atoms with E-state index in [2.05, 4.69) is 11.7 Å². The predicted molar refractivity (Wildman–Crippen MR) is 112 cm³/mol. The second-order valence-corrected chi connectivity index (χ2v) is 8.62. The van der Waals surface area contributed by atoms with E-state index in [4.69, 9.17) is 4.74 Å². The SMILES string of the molecule is CCCC1CCC(c2ccc(COC(F)(F)Cc3cc(F)c(OC(F)F)c(F)c3)cc2)CC1. The molecule has 0 heterocycles. The van der Waals surface area contributed by atoms with Crippen LogP contribution in [-0.4, -0.2) is 12.7 Å². The van der Waals surface area contributed by atoms with Crippen LogP contribution in [0.2, 0.25) is 0 Å². The molecule has 0 radical (unpaired) electrons. The Morgan fingerprint density at radius 3 is 2.09 bits per heavy atom. The van der Waals surface area contributed by atoms with Crippen LogP contribution in [0, 0.1) is 17.6 Å². The molecule has 0 saturated heterocycles. The quantitative estimate of drug-likeness (QED) is 0.325. The lowest BCUT2D eigenvalue weighted by Gasteiger charge is -2.28. The maximum atomic E-state index is 14.2. The highest BCUT2D eigenvalue weighted by molar-refractivity contribution is 5.32. The summed E-state index contributed by atoms with van der Waals surface area (Å²) in [5.41, 5.74) is 1.30. The highest BCUT2D eigenvalue weighted by Gasteiger charge is 2.32. The third-order valence-corrected chi connectivity index (χ3v) is 6.12. The fourth-order valence-corrected chi connectivity index (χ4v) is 4.47. The number of rotatable bonds is 10. The molecule has 1 aliphatic rings. The molecule has 0 amide bonds. The number of benzene rings is 2. The first kappa shape index (κ1) is 25.4. The van der Waals surface area contributed by atoms with Crippen molar-refractivity contribution in [2.45, 2.75) is 77.1 Å². The van der Waals surface area contributed by atoms with E-state index in [0.717, 1.165) is 18.8 Å². The summed E-state index contributed by atoms with van der Waals surface area (Å²) in [6.07, 6.45) is 2.34. The Labute approximate surface area is 189 Å². The minimum atomic E-state index is -3.71. The molecule has 8 heteroatoms. The summed E-state index contributed by atoms with van der Waals surface area (Å²) in [5.74, 6) is -3.00. The van der Waals surface area contributed by atoms with Crippen molar-refractivity contribution in [2.24, 2.45) is 5.92 Å². The zero-order chi connectivity index (χ0) is 24.0. The molecular formula is C25H28F6O2. The van der Waals surface area contributed by atoms with Crippen LogP contribution in [0.15, 0.2) is 36.4 Å². The third-order valence-electron chi connectivity index (χ3n) is 6.12. The first-order valence-corrected chi connectivity index (χ1v) is 11.2. The normalized spacial score (nSPS) is 19.2. The van der Waals surface area contributed by atoms with Gasteiger partial charge in [-0.05, 0) is 66.3 Å². The summed E-state index contributed by atoms with van der Waals surface area (Å²) in [6.45, 7) is -1.62. The number of ether oxygens (including phenoxy) is 2. The lowest BCUT2D eigenvalue weighted by Crippen LogP contribution is -2.24. The second kappa shape index (κ2) is 11.3. The molecule has 0 spiro atoms. The van der Waals surface area contributed by atoms with E-state index in [1.165, 1.54) is 31.2 Å². The third kappa shape index (κ3) is 7.39. The summed E-state index contributed by atoms with van der Waals surface area (Å²) < 4.78 is 88.8. The van der Waals surface area contributed by atoms with Gasteiger partial charge in [0.05, 0.1) is 13.0 Å². The van der Waals surface area contributed by atoms with Crippen molar-refractivity contribution in [3.8, 4) is 5.75 Å². The summed E-state index contributed by atoms with van der Waals surface area (Å²) >= 11 is 0. The standard InChI is InChI=1S/C25H28F6O2/c1-2-3-16-4-8-19(9-5-16)20-10-6-17(7-11-20)15-32-25(30,31)14-18-12-21(26)23(22(27)13-18)33-24(28)29/h6-7,10-13,16,19,24H,2-5,8-9,14-15H2,1H3. The molecule has 182 valence electrons. The molecular weight excluding hydrogens is 446 g/mol. The van der Waals surface area contributed by atoms with Crippen molar-refractivity contribution in [3.05, 3.63) is 64.7 Å². The Morgan fingerprint density at radius 2 is 1.55 bits per heavy atom. The smallest absolute Gasteiger partial charge is 0.387 e. The summed E-state index contributed by atoms with van der Waals surface area (Å²) in [4.78, 5) is 0. The monoisotopic (exact) mass is 474 g/mol. The molecule has 0 bridgehead atoms. The van der Waals surface area contributed by atoms with Crippen molar-refractivity contribution >= 4 is 0 Å². The summed E-state index contributed by atoms with van der Waals surface area (Å²) in [6, 6.07) is 8.44. The number of hydrogen-bond acceptors (Lipinski definition) is 2. The second-order valence-electron chi connectivity index (χ2n) is 8.62. The van der Waals surface area contributed by atoms with Gasteiger partial charge in [-0.2, -0.15) is 17.6 Å². The Hall–Kier alpha value is -2.22. The van der Waals surface area contributed by atoms with Crippen molar-refractivity contribution in [2.75, 3.05) is 0 Å². The van der Waals surface area contributed by atoms with Crippen molar-refractivity contribution < 1.29 is 35.8 Å².